The minimum Gasteiger partial charge on any atom is -0.497 e. The van der Waals surface area contributed by atoms with Crippen molar-refractivity contribution >= 4 is 11.8 Å². The maximum Gasteiger partial charge on any atom is 0.255 e. The third-order valence-electron chi connectivity index (χ3n) is 7.86. The van der Waals surface area contributed by atoms with Gasteiger partial charge in [-0.3, -0.25) is 14.5 Å². The Morgan fingerprint density at radius 2 is 1.79 bits per heavy atom. The predicted octanol–water partition coefficient (Wildman–Crippen LogP) is 4.92. The lowest BCUT2D eigenvalue weighted by Crippen LogP contribution is -2.48. The van der Waals surface area contributed by atoms with Gasteiger partial charge in [0.05, 0.1) is 19.1 Å². The van der Waals surface area contributed by atoms with Gasteiger partial charge in [0.1, 0.15) is 11.6 Å². The molecular weight excluding hydrogens is 481 g/mol. The summed E-state index contributed by atoms with van der Waals surface area (Å²) < 4.78 is 19.0. The molecular formula is C31H34FN3O3. The average Bonchev–Trinajstić information content (AvgIpc) is 3.42. The summed E-state index contributed by atoms with van der Waals surface area (Å²) >= 11 is 0. The van der Waals surface area contributed by atoms with Gasteiger partial charge in [-0.25, -0.2) is 4.39 Å². The Morgan fingerprint density at radius 3 is 2.50 bits per heavy atom. The van der Waals surface area contributed by atoms with Crippen LogP contribution in [0, 0.1) is 5.82 Å². The topological polar surface area (TPSA) is 61.9 Å². The number of methoxy groups -OCH3 is 1. The number of hydrogen-bond acceptors (Lipinski definition) is 4. The molecule has 0 bridgehead atoms. The molecule has 0 aliphatic carbocycles. The molecule has 7 heteroatoms. The van der Waals surface area contributed by atoms with Gasteiger partial charge < -0.3 is 15.0 Å². The van der Waals surface area contributed by atoms with Crippen molar-refractivity contribution in [3.63, 3.8) is 0 Å². The highest BCUT2D eigenvalue weighted by Crippen LogP contribution is 2.44. The number of amides is 2. The number of benzene rings is 3. The number of fused-ring (bicyclic) bond motifs is 1. The lowest BCUT2D eigenvalue weighted by Gasteiger charge is -2.42. The highest BCUT2D eigenvalue weighted by atomic mass is 19.1. The molecule has 198 valence electrons. The Hall–Kier alpha value is -3.71. The van der Waals surface area contributed by atoms with Crippen LogP contribution in [0.1, 0.15) is 58.8 Å². The normalized spacial score (nSPS) is 21.3. The molecule has 0 radical (unpaired) electrons. The fourth-order valence-corrected chi connectivity index (χ4v) is 5.88. The molecule has 6 nitrogen and oxygen atoms in total. The smallest absolute Gasteiger partial charge is 0.255 e. The molecule has 1 N–H and O–H groups in total. The highest BCUT2D eigenvalue weighted by molar-refractivity contribution is 6.01. The monoisotopic (exact) mass is 515 g/mol. The van der Waals surface area contributed by atoms with E-state index in [9.17, 15) is 14.0 Å². The number of ether oxygens (including phenoxy) is 1. The van der Waals surface area contributed by atoms with E-state index >= 15 is 0 Å². The average molecular weight is 516 g/mol. The van der Waals surface area contributed by atoms with Crippen molar-refractivity contribution in [3.05, 3.63) is 101 Å². The second-order valence-corrected chi connectivity index (χ2v) is 10.0. The van der Waals surface area contributed by atoms with Gasteiger partial charge in [0, 0.05) is 24.7 Å². The Bertz CT molecular complexity index is 1280. The van der Waals surface area contributed by atoms with Crippen LogP contribution in [0.15, 0.2) is 72.8 Å². The van der Waals surface area contributed by atoms with Crippen LogP contribution in [-0.4, -0.2) is 54.4 Å². The molecule has 2 heterocycles. The number of hydrogen-bond donors (Lipinski definition) is 1. The van der Waals surface area contributed by atoms with Gasteiger partial charge in [-0.2, -0.15) is 0 Å². The van der Waals surface area contributed by atoms with Gasteiger partial charge in [-0.05, 0) is 73.0 Å². The van der Waals surface area contributed by atoms with Crippen molar-refractivity contribution in [2.45, 2.75) is 44.3 Å². The lowest BCUT2D eigenvalue weighted by atomic mass is 9.79. The van der Waals surface area contributed by atoms with E-state index in [0.717, 1.165) is 42.6 Å². The number of likely N-dealkylation sites (tertiary alicyclic amines) is 1. The summed E-state index contributed by atoms with van der Waals surface area (Å²) in [5, 5.41) is 3.24. The Kier molecular flexibility index (Phi) is 7.74. The third-order valence-corrected chi connectivity index (χ3v) is 7.86. The molecule has 5 rings (SSSR count). The number of nitrogens with one attached hydrogen (secondary N) is 1. The fourth-order valence-electron chi connectivity index (χ4n) is 5.88. The van der Waals surface area contributed by atoms with Crippen molar-refractivity contribution in [2.75, 3.05) is 26.7 Å². The zero-order valence-corrected chi connectivity index (χ0v) is 21.9. The number of halogens is 1. The van der Waals surface area contributed by atoms with Crippen molar-refractivity contribution in [1.29, 1.82) is 0 Å². The highest BCUT2D eigenvalue weighted by Gasteiger charge is 2.44. The first-order valence-electron chi connectivity index (χ1n) is 13.3. The van der Waals surface area contributed by atoms with E-state index in [4.69, 9.17) is 4.74 Å². The standard InChI is InChI=1S/C31H34FN3O3/c1-3-34-18-6-7-24(34)19-33-30(36)28-26-8-4-5-9-27(26)31(37)35(20-21-10-14-23(32)15-11-21)29(28)22-12-16-25(38-2)17-13-22/h4-5,8-17,24,28-29H,3,6-7,18-20H2,1-2H3,(H,33,36). The van der Waals surface area contributed by atoms with Crippen LogP contribution in [-0.2, 0) is 11.3 Å². The summed E-state index contributed by atoms with van der Waals surface area (Å²) in [6, 6.07) is 20.8. The van der Waals surface area contributed by atoms with Crippen LogP contribution in [0.25, 0.3) is 0 Å². The Labute approximate surface area is 223 Å². The van der Waals surface area contributed by atoms with Crippen molar-refractivity contribution in [2.24, 2.45) is 0 Å². The number of likely N-dealkylation sites (N-methyl/N-ethyl adjacent to an activating group) is 1. The lowest BCUT2D eigenvalue weighted by molar-refractivity contribution is -0.124. The SMILES string of the molecule is CCN1CCCC1CNC(=O)C1c2ccccc2C(=O)N(Cc2ccc(F)cc2)C1c1ccc(OC)cc1. The van der Waals surface area contributed by atoms with Crippen LogP contribution in [0.4, 0.5) is 4.39 Å². The molecule has 3 atom stereocenters. The second kappa shape index (κ2) is 11.4. The zero-order chi connectivity index (χ0) is 26.6. The largest absolute Gasteiger partial charge is 0.497 e. The minimum atomic E-state index is -0.603. The van der Waals surface area contributed by atoms with Crippen LogP contribution >= 0.6 is 0 Å². The van der Waals surface area contributed by atoms with Gasteiger partial charge in [0.2, 0.25) is 5.91 Å². The van der Waals surface area contributed by atoms with Crippen LogP contribution in [0.3, 0.4) is 0 Å². The molecule has 0 saturated carbocycles. The fraction of sp³-hybridized carbons (Fsp3) is 0.355. The van der Waals surface area contributed by atoms with Crippen LogP contribution in [0.2, 0.25) is 0 Å². The van der Waals surface area contributed by atoms with Crippen LogP contribution in [0.5, 0.6) is 5.75 Å². The van der Waals surface area contributed by atoms with Gasteiger partial charge in [0.15, 0.2) is 0 Å². The van der Waals surface area contributed by atoms with E-state index in [1.54, 1.807) is 30.2 Å². The molecule has 3 aromatic carbocycles. The second-order valence-electron chi connectivity index (χ2n) is 10.0. The van der Waals surface area contributed by atoms with Crippen molar-refractivity contribution < 1.29 is 18.7 Å². The van der Waals surface area contributed by atoms with E-state index < -0.39 is 12.0 Å². The summed E-state index contributed by atoms with van der Waals surface area (Å²) in [6.07, 6.45) is 2.20. The zero-order valence-electron chi connectivity index (χ0n) is 21.9. The van der Waals surface area contributed by atoms with E-state index in [-0.39, 0.29) is 24.2 Å². The quantitative estimate of drug-likeness (QED) is 0.463. The van der Waals surface area contributed by atoms with E-state index in [2.05, 4.69) is 17.1 Å². The van der Waals surface area contributed by atoms with Gasteiger partial charge in [-0.1, -0.05) is 49.4 Å². The summed E-state index contributed by atoms with van der Waals surface area (Å²) in [5.74, 6) is -0.487. The Balaban J connectivity index is 1.55. The summed E-state index contributed by atoms with van der Waals surface area (Å²) in [7, 11) is 1.61. The number of nitrogens with zero attached hydrogens (tertiary/aromatic N) is 2. The van der Waals surface area contributed by atoms with Crippen molar-refractivity contribution in [3.8, 4) is 5.75 Å². The minimum absolute atomic E-state index is 0.0992. The molecule has 2 amide bonds. The first kappa shape index (κ1) is 25.9. The predicted molar refractivity (Wildman–Crippen MR) is 144 cm³/mol. The maximum absolute atomic E-state index is 14.0. The Morgan fingerprint density at radius 1 is 1.05 bits per heavy atom. The van der Waals surface area contributed by atoms with E-state index in [0.29, 0.717) is 23.9 Å². The molecule has 0 aromatic heterocycles. The molecule has 0 spiro atoms. The molecule has 1 fully saturated rings. The molecule has 2 aliphatic rings. The molecule has 1 saturated heterocycles. The third kappa shape index (κ3) is 5.16. The number of rotatable bonds is 8. The van der Waals surface area contributed by atoms with Gasteiger partial charge in [-0.15, -0.1) is 0 Å². The number of carbonyl (C=O) groups excluding carboxylic acids is 2. The van der Waals surface area contributed by atoms with E-state index in [1.165, 1.54) is 12.1 Å². The molecule has 38 heavy (non-hydrogen) atoms. The van der Waals surface area contributed by atoms with Crippen molar-refractivity contribution in [1.82, 2.24) is 15.1 Å². The first-order chi connectivity index (χ1) is 18.5. The summed E-state index contributed by atoms with van der Waals surface area (Å²) in [5.41, 5.74) is 2.88. The van der Waals surface area contributed by atoms with E-state index in [1.807, 2.05) is 42.5 Å². The van der Waals surface area contributed by atoms with Gasteiger partial charge >= 0.3 is 0 Å². The number of carbonyl (C=O) groups is 2. The first-order valence-corrected chi connectivity index (χ1v) is 13.3. The molecule has 3 unspecified atom stereocenters. The maximum atomic E-state index is 14.0. The molecule has 3 aromatic rings. The summed E-state index contributed by atoms with van der Waals surface area (Å²) in [6.45, 7) is 4.99. The molecule has 2 aliphatic heterocycles. The van der Waals surface area contributed by atoms with Gasteiger partial charge in [0.25, 0.3) is 5.91 Å². The van der Waals surface area contributed by atoms with Crippen LogP contribution < -0.4 is 10.1 Å². The summed E-state index contributed by atoms with van der Waals surface area (Å²) in [4.78, 5) is 32.1.